The lowest BCUT2D eigenvalue weighted by Crippen LogP contribution is -2.36. The summed E-state index contributed by atoms with van der Waals surface area (Å²) in [5.41, 5.74) is 1.99. The van der Waals surface area contributed by atoms with Crippen LogP contribution in [0.25, 0.3) is 0 Å². The number of carbonyl (C=O) groups is 1. The zero-order valence-electron chi connectivity index (χ0n) is 17.2. The van der Waals surface area contributed by atoms with Gasteiger partial charge in [-0.3, -0.25) is 9.59 Å². The van der Waals surface area contributed by atoms with Gasteiger partial charge >= 0.3 is 0 Å². The number of halogens is 1. The van der Waals surface area contributed by atoms with E-state index < -0.39 is 5.91 Å². The number of morpholine rings is 1. The van der Waals surface area contributed by atoms with Gasteiger partial charge in [0.1, 0.15) is 5.56 Å². The first-order valence-electron chi connectivity index (χ1n) is 10.0. The summed E-state index contributed by atoms with van der Waals surface area (Å²) in [6.07, 6.45) is 2.63. The summed E-state index contributed by atoms with van der Waals surface area (Å²) in [6.45, 7) is 9.49. The third kappa shape index (κ3) is 5.19. The zero-order chi connectivity index (χ0) is 21.0. The van der Waals surface area contributed by atoms with Crippen LogP contribution in [0.2, 0.25) is 5.02 Å². The van der Waals surface area contributed by atoms with Crippen LogP contribution in [0.3, 0.4) is 0 Å². The Morgan fingerprint density at radius 2 is 1.97 bits per heavy atom. The molecule has 2 heterocycles. The van der Waals surface area contributed by atoms with Crippen LogP contribution in [-0.4, -0.2) is 36.8 Å². The van der Waals surface area contributed by atoms with E-state index in [0.717, 1.165) is 25.2 Å². The lowest BCUT2D eigenvalue weighted by Gasteiger charge is -2.29. The predicted octanol–water partition coefficient (Wildman–Crippen LogP) is 3.95. The number of nitrogens with one attached hydrogen (secondary N) is 1. The topological polar surface area (TPSA) is 63.6 Å². The molecule has 2 aromatic rings. The molecule has 1 N–H and O–H groups in total. The second-order valence-electron chi connectivity index (χ2n) is 7.77. The molecular formula is C22H28ClN3O3. The number of benzene rings is 1. The molecule has 1 amide bonds. The van der Waals surface area contributed by atoms with E-state index in [-0.39, 0.29) is 11.1 Å². The maximum absolute atomic E-state index is 13.0. The lowest BCUT2D eigenvalue weighted by atomic mass is 10.1. The zero-order valence-corrected chi connectivity index (χ0v) is 18.0. The summed E-state index contributed by atoms with van der Waals surface area (Å²) in [5, 5.41) is 3.27. The van der Waals surface area contributed by atoms with Crippen LogP contribution in [0, 0.1) is 12.8 Å². The first kappa shape index (κ1) is 21.4. The van der Waals surface area contributed by atoms with Crippen molar-refractivity contribution < 1.29 is 9.53 Å². The number of hydrogen-bond acceptors (Lipinski definition) is 4. The molecular weight excluding hydrogens is 390 g/mol. The number of anilines is 2. The number of amides is 1. The van der Waals surface area contributed by atoms with E-state index in [1.165, 1.54) is 0 Å². The highest BCUT2D eigenvalue weighted by molar-refractivity contribution is 6.34. The van der Waals surface area contributed by atoms with Crippen molar-refractivity contribution in [1.29, 1.82) is 0 Å². The molecule has 6 nitrogen and oxygen atoms in total. The van der Waals surface area contributed by atoms with Crippen molar-refractivity contribution in [3.63, 3.8) is 0 Å². The third-order valence-electron chi connectivity index (χ3n) is 5.12. The molecule has 0 saturated carbocycles. The molecule has 1 aromatic heterocycles. The number of carbonyl (C=O) groups excluding carboxylic acids is 1. The van der Waals surface area contributed by atoms with E-state index in [9.17, 15) is 9.59 Å². The van der Waals surface area contributed by atoms with Crippen LogP contribution in [0.5, 0.6) is 0 Å². The summed E-state index contributed by atoms with van der Waals surface area (Å²) in [7, 11) is 0. The fourth-order valence-electron chi connectivity index (χ4n) is 3.33. The minimum absolute atomic E-state index is 0.157. The minimum Gasteiger partial charge on any atom is -0.378 e. The molecule has 0 spiro atoms. The Bertz CT molecular complexity index is 933. The Morgan fingerprint density at radius 3 is 2.66 bits per heavy atom. The number of pyridine rings is 1. The number of nitrogens with zero attached hydrogens (tertiary/aromatic N) is 2. The maximum Gasteiger partial charge on any atom is 0.263 e. The molecule has 7 heteroatoms. The van der Waals surface area contributed by atoms with Crippen LogP contribution >= 0.6 is 11.6 Å². The molecule has 0 radical (unpaired) electrons. The molecule has 1 saturated heterocycles. The Labute approximate surface area is 176 Å². The fourth-order valence-corrected chi connectivity index (χ4v) is 3.49. The first-order chi connectivity index (χ1) is 13.9. The van der Waals surface area contributed by atoms with Gasteiger partial charge in [-0.1, -0.05) is 25.4 Å². The fraction of sp³-hybridized carbons (Fsp3) is 0.455. The van der Waals surface area contributed by atoms with Crippen LogP contribution in [-0.2, 0) is 11.3 Å². The second kappa shape index (κ2) is 9.46. The van der Waals surface area contributed by atoms with Crippen molar-refractivity contribution in [2.75, 3.05) is 36.5 Å². The van der Waals surface area contributed by atoms with E-state index in [0.29, 0.717) is 41.9 Å². The van der Waals surface area contributed by atoms with E-state index >= 15 is 0 Å². The third-order valence-corrected chi connectivity index (χ3v) is 5.45. The molecule has 0 atom stereocenters. The molecule has 1 aromatic carbocycles. The van der Waals surface area contributed by atoms with E-state index in [1.807, 2.05) is 18.2 Å². The molecule has 29 heavy (non-hydrogen) atoms. The summed E-state index contributed by atoms with van der Waals surface area (Å²) in [5.74, 6) is 0.0367. The largest absolute Gasteiger partial charge is 0.378 e. The molecule has 0 unspecified atom stereocenters. The normalized spacial score (nSPS) is 14.3. The van der Waals surface area contributed by atoms with Gasteiger partial charge in [-0.2, -0.15) is 0 Å². The smallest absolute Gasteiger partial charge is 0.263 e. The quantitative estimate of drug-likeness (QED) is 0.773. The van der Waals surface area contributed by atoms with Crippen LogP contribution < -0.4 is 15.8 Å². The molecule has 1 aliphatic heterocycles. The SMILES string of the molecule is Cc1ccn(CCC(C)C)c(=O)c1C(=O)Nc1cc(N2CCOCC2)ccc1Cl. The molecule has 0 bridgehead atoms. The molecule has 1 aliphatic rings. The van der Waals surface area contributed by atoms with Crippen molar-refractivity contribution in [3.8, 4) is 0 Å². The molecule has 1 fully saturated rings. The number of hydrogen-bond donors (Lipinski definition) is 1. The molecule has 3 rings (SSSR count). The molecule has 0 aliphatic carbocycles. The maximum atomic E-state index is 13.0. The first-order valence-corrected chi connectivity index (χ1v) is 10.4. The standard InChI is InChI=1S/C22H28ClN3O3/c1-15(2)6-8-26-9-7-16(3)20(22(26)28)21(27)24-19-14-17(4-5-18(19)23)25-10-12-29-13-11-25/h4-5,7,9,14-15H,6,8,10-13H2,1-3H3,(H,24,27). The van der Waals surface area contributed by atoms with E-state index in [2.05, 4.69) is 24.1 Å². The van der Waals surface area contributed by atoms with Crippen molar-refractivity contribution >= 4 is 28.9 Å². The van der Waals surface area contributed by atoms with Crippen molar-refractivity contribution in [2.45, 2.75) is 33.7 Å². The second-order valence-corrected chi connectivity index (χ2v) is 8.18. The van der Waals surface area contributed by atoms with E-state index in [4.69, 9.17) is 16.3 Å². The van der Waals surface area contributed by atoms with Crippen molar-refractivity contribution in [3.05, 3.63) is 57.0 Å². The van der Waals surface area contributed by atoms with Gasteiger partial charge < -0.3 is 19.5 Å². The van der Waals surface area contributed by atoms with Gasteiger partial charge in [0.2, 0.25) is 0 Å². The van der Waals surface area contributed by atoms with Crippen LogP contribution in [0.4, 0.5) is 11.4 Å². The average Bonchev–Trinajstić information content (AvgIpc) is 2.69. The van der Waals surface area contributed by atoms with Gasteiger partial charge in [0, 0.05) is 31.5 Å². The van der Waals surface area contributed by atoms with Crippen LogP contribution in [0.15, 0.2) is 35.3 Å². The lowest BCUT2D eigenvalue weighted by molar-refractivity contribution is 0.102. The van der Waals surface area contributed by atoms with Gasteiger partial charge in [-0.05, 0) is 49.1 Å². The summed E-state index contributed by atoms with van der Waals surface area (Å²) < 4.78 is 7.00. The van der Waals surface area contributed by atoms with Crippen molar-refractivity contribution in [2.24, 2.45) is 5.92 Å². The predicted molar refractivity (Wildman–Crippen MR) is 117 cm³/mol. The minimum atomic E-state index is -0.438. The number of aromatic nitrogens is 1. The van der Waals surface area contributed by atoms with Gasteiger partial charge in [0.25, 0.3) is 11.5 Å². The van der Waals surface area contributed by atoms with Crippen LogP contribution in [0.1, 0.15) is 36.2 Å². The van der Waals surface area contributed by atoms with Gasteiger partial charge in [-0.25, -0.2) is 0 Å². The Hall–Kier alpha value is -2.31. The monoisotopic (exact) mass is 417 g/mol. The highest BCUT2D eigenvalue weighted by Crippen LogP contribution is 2.28. The summed E-state index contributed by atoms with van der Waals surface area (Å²) >= 11 is 6.32. The Morgan fingerprint density at radius 1 is 1.24 bits per heavy atom. The Balaban J connectivity index is 1.84. The number of rotatable bonds is 6. The van der Waals surface area contributed by atoms with Crippen molar-refractivity contribution in [1.82, 2.24) is 4.57 Å². The van der Waals surface area contributed by atoms with Gasteiger partial charge in [0.05, 0.1) is 23.9 Å². The van der Waals surface area contributed by atoms with Gasteiger partial charge in [0.15, 0.2) is 0 Å². The number of ether oxygens (including phenoxy) is 1. The molecule has 156 valence electrons. The van der Waals surface area contributed by atoms with Gasteiger partial charge in [-0.15, -0.1) is 0 Å². The average molecular weight is 418 g/mol. The van der Waals surface area contributed by atoms with E-state index in [1.54, 1.807) is 23.8 Å². The Kier molecular flexibility index (Phi) is 6.98. The highest BCUT2D eigenvalue weighted by Gasteiger charge is 2.19. The highest BCUT2D eigenvalue weighted by atomic mass is 35.5. The number of aryl methyl sites for hydroxylation is 2. The summed E-state index contributed by atoms with van der Waals surface area (Å²) in [6, 6.07) is 7.35. The summed E-state index contributed by atoms with van der Waals surface area (Å²) in [4.78, 5) is 28.0.